The number of hydrogen-bond donors (Lipinski definition) is 4. The summed E-state index contributed by atoms with van der Waals surface area (Å²) in [5.41, 5.74) is -0.169. The minimum absolute atomic E-state index is 0.0246. The van der Waals surface area contributed by atoms with Crippen LogP contribution >= 0.6 is 12.6 Å². The number of aromatic carboxylic acids is 1. The molecular formula is C9H11NO4S. The zero-order chi connectivity index (χ0) is 11.4. The van der Waals surface area contributed by atoms with Gasteiger partial charge in [0.15, 0.2) is 0 Å². The molecule has 5 nitrogen and oxygen atoms in total. The molecule has 0 amide bonds. The fourth-order valence-electron chi connectivity index (χ4n) is 1.12. The van der Waals surface area contributed by atoms with Crippen LogP contribution in [0, 0.1) is 0 Å². The van der Waals surface area contributed by atoms with Gasteiger partial charge in [-0.2, -0.15) is 12.6 Å². The topological polar surface area (TPSA) is 90.7 Å². The summed E-state index contributed by atoms with van der Waals surface area (Å²) < 4.78 is 0. The van der Waals surface area contributed by atoms with Crippen LogP contribution in [-0.4, -0.2) is 38.1 Å². The molecule has 1 heterocycles. The maximum absolute atomic E-state index is 10.8. The summed E-state index contributed by atoms with van der Waals surface area (Å²) in [6.45, 7) is 0. The van der Waals surface area contributed by atoms with E-state index in [-0.39, 0.29) is 17.0 Å². The van der Waals surface area contributed by atoms with E-state index in [0.29, 0.717) is 0 Å². The van der Waals surface area contributed by atoms with Crippen LogP contribution in [0.15, 0.2) is 18.3 Å². The highest BCUT2D eigenvalue weighted by Gasteiger charge is 2.23. The lowest BCUT2D eigenvalue weighted by Crippen LogP contribution is -2.23. The summed E-state index contributed by atoms with van der Waals surface area (Å²) in [4.78, 5) is 14.5. The molecule has 1 aromatic rings. The van der Waals surface area contributed by atoms with Gasteiger partial charge in [-0.25, -0.2) is 4.79 Å². The quantitative estimate of drug-likeness (QED) is 0.550. The number of pyridine rings is 1. The summed E-state index contributed by atoms with van der Waals surface area (Å²) >= 11 is 3.81. The van der Waals surface area contributed by atoms with Crippen LogP contribution in [0.25, 0.3) is 0 Å². The minimum Gasteiger partial charge on any atom is -0.478 e. The average Bonchev–Trinajstić information content (AvgIpc) is 2.27. The fourth-order valence-corrected chi connectivity index (χ4v) is 1.32. The molecule has 2 unspecified atom stereocenters. The molecular weight excluding hydrogens is 218 g/mol. The molecule has 0 bridgehead atoms. The average molecular weight is 229 g/mol. The Bertz CT molecular complexity index is 358. The van der Waals surface area contributed by atoms with E-state index in [4.69, 9.17) is 5.11 Å². The highest BCUT2D eigenvalue weighted by Crippen LogP contribution is 2.19. The van der Waals surface area contributed by atoms with E-state index in [2.05, 4.69) is 17.6 Å². The Balaban J connectivity index is 3.07. The van der Waals surface area contributed by atoms with Gasteiger partial charge in [-0.1, -0.05) is 0 Å². The van der Waals surface area contributed by atoms with Gasteiger partial charge in [0, 0.05) is 11.9 Å². The molecule has 1 rings (SSSR count). The molecule has 0 saturated carbocycles. The zero-order valence-electron chi connectivity index (χ0n) is 7.74. The summed E-state index contributed by atoms with van der Waals surface area (Å²) in [5, 5.41) is 27.7. The molecule has 0 aromatic carbocycles. The molecule has 0 fully saturated rings. The standard InChI is InChI=1S/C9H11NO4S/c11-6(4-15)8(12)7-5(9(13)14)2-1-3-10-7/h1-3,6,8,11-12,15H,4H2,(H,13,14). The maximum atomic E-state index is 10.8. The first kappa shape index (κ1) is 12.0. The molecule has 0 aliphatic heterocycles. The van der Waals surface area contributed by atoms with Crippen molar-refractivity contribution in [2.75, 3.05) is 5.75 Å². The zero-order valence-corrected chi connectivity index (χ0v) is 8.63. The highest BCUT2D eigenvalue weighted by molar-refractivity contribution is 7.80. The molecule has 3 N–H and O–H groups in total. The lowest BCUT2D eigenvalue weighted by molar-refractivity contribution is 0.0295. The minimum atomic E-state index is -1.34. The van der Waals surface area contributed by atoms with Gasteiger partial charge in [0.05, 0.1) is 17.4 Å². The van der Waals surface area contributed by atoms with Gasteiger partial charge in [-0.05, 0) is 12.1 Å². The first-order valence-electron chi connectivity index (χ1n) is 4.23. The number of aliphatic hydroxyl groups is 2. The second-order valence-corrected chi connectivity index (χ2v) is 3.30. The largest absolute Gasteiger partial charge is 0.478 e. The van der Waals surface area contributed by atoms with Crippen molar-refractivity contribution in [1.82, 2.24) is 4.98 Å². The number of aliphatic hydroxyl groups excluding tert-OH is 2. The summed E-state index contributed by atoms with van der Waals surface area (Å²) in [7, 11) is 0. The van der Waals surface area contributed by atoms with Gasteiger partial charge in [-0.3, -0.25) is 4.98 Å². The van der Waals surface area contributed by atoms with Crippen molar-refractivity contribution in [2.24, 2.45) is 0 Å². The van der Waals surface area contributed by atoms with Gasteiger partial charge < -0.3 is 15.3 Å². The van der Waals surface area contributed by atoms with Gasteiger partial charge in [-0.15, -0.1) is 0 Å². The number of carbonyl (C=O) groups is 1. The van der Waals surface area contributed by atoms with Crippen LogP contribution in [0.1, 0.15) is 22.2 Å². The van der Waals surface area contributed by atoms with Gasteiger partial charge in [0.25, 0.3) is 0 Å². The van der Waals surface area contributed by atoms with Crippen molar-refractivity contribution in [1.29, 1.82) is 0 Å². The molecule has 82 valence electrons. The molecule has 0 spiro atoms. The SMILES string of the molecule is O=C(O)c1cccnc1C(O)C(O)CS. The van der Waals surface area contributed by atoms with Crippen molar-refractivity contribution in [3.8, 4) is 0 Å². The van der Waals surface area contributed by atoms with E-state index in [0.717, 1.165) is 0 Å². The molecule has 15 heavy (non-hydrogen) atoms. The Hall–Kier alpha value is -1.11. The van der Waals surface area contributed by atoms with E-state index in [9.17, 15) is 15.0 Å². The second-order valence-electron chi connectivity index (χ2n) is 2.94. The number of nitrogens with zero attached hydrogens (tertiary/aromatic N) is 1. The van der Waals surface area contributed by atoms with Crippen LogP contribution in [0.4, 0.5) is 0 Å². The fraction of sp³-hybridized carbons (Fsp3) is 0.333. The van der Waals surface area contributed by atoms with Gasteiger partial charge in [0.1, 0.15) is 6.10 Å². The molecule has 0 aliphatic rings. The number of aromatic nitrogens is 1. The lowest BCUT2D eigenvalue weighted by atomic mass is 10.1. The molecule has 1 aromatic heterocycles. The smallest absolute Gasteiger partial charge is 0.337 e. The molecule has 2 atom stereocenters. The van der Waals surface area contributed by atoms with Crippen molar-refractivity contribution in [2.45, 2.75) is 12.2 Å². The first-order valence-corrected chi connectivity index (χ1v) is 4.86. The number of hydrogen-bond acceptors (Lipinski definition) is 5. The van der Waals surface area contributed by atoms with Crippen molar-refractivity contribution >= 4 is 18.6 Å². The van der Waals surface area contributed by atoms with E-state index < -0.39 is 18.2 Å². The monoisotopic (exact) mass is 229 g/mol. The first-order chi connectivity index (χ1) is 7.07. The van der Waals surface area contributed by atoms with Gasteiger partial charge in [0.2, 0.25) is 0 Å². The Morgan fingerprint density at radius 2 is 2.20 bits per heavy atom. The summed E-state index contributed by atoms with van der Waals surface area (Å²) in [5.74, 6) is -1.17. The summed E-state index contributed by atoms with van der Waals surface area (Å²) in [6.07, 6.45) is -1.12. The Morgan fingerprint density at radius 1 is 1.53 bits per heavy atom. The van der Waals surface area contributed by atoms with Crippen LogP contribution < -0.4 is 0 Å². The molecule has 0 saturated heterocycles. The van der Waals surface area contributed by atoms with E-state index in [1.54, 1.807) is 0 Å². The van der Waals surface area contributed by atoms with Crippen molar-refractivity contribution in [3.05, 3.63) is 29.6 Å². The molecule has 6 heteroatoms. The van der Waals surface area contributed by atoms with Crippen LogP contribution in [0.3, 0.4) is 0 Å². The number of carboxylic acid groups (broad SMARTS) is 1. The number of thiol groups is 1. The third kappa shape index (κ3) is 2.68. The third-order valence-electron chi connectivity index (χ3n) is 1.90. The third-order valence-corrected chi connectivity index (χ3v) is 2.27. The summed E-state index contributed by atoms with van der Waals surface area (Å²) in [6, 6.07) is 2.77. The number of rotatable bonds is 4. The Labute approximate surface area is 91.8 Å². The van der Waals surface area contributed by atoms with Crippen LogP contribution in [0.5, 0.6) is 0 Å². The Morgan fingerprint density at radius 3 is 2.73 bits per heavy atom. The second kappa shape index (κ2) is 5.11. The van der Waals surface area contributed by atoms with E-state index in [1.807, 2.05) is 0 Å². The number of carboxylic acids is 1. The predicted molar refractivity (Wildman–Crippen MR) is 56.0 cm³/mol. The van der Waals surface area contributed by atoms with Crippen molar-refractivity contribution in [3.63, 3.8) is 0 Å². The molecule has 0 aliphatic carbocycles. The lowest BCUT2D eigenvalue weighted by Gasteiger charge is -2.16. The van der Waals surface area contributed by atoms with E-state index >= 15 is 0 Å². The van der Waals surface area contributed by atoms with Gasteiger partial charge >= 0.3 is 5.97 Å². The maximum Gasteiger partial charge on any atom is 0.337 e. The Kier molecular flexibility index (Phi) is 4.07. The van der Waals surface area contributed by atoms with Crippen molar-refractivity contribution < 1.29 is 20.1 Å². The normalized spacial score (nSPS) is 14.6. The van der Waals surface area contributed by atoms with E-state index in [1.165, 1.54) is 18.3 Å². The predicted octanol–water partition coefficient (Wildman–Crippen LogP) is 0.104. The highest BCUT2D eigenvalue weighted by atomic mass is 32.1. The van der Waals surface area contributed by atoms with Crippen LogP contribution in [-0.2, 0) is 0 Å². The van der Waals surface area contributed by atoms with Crippen LogP contribution in [0.2, 0.25) is 0 Å². The molecule has 0 radical (unpaired) electrons.